The van der Waals surface area contributed by atoms with Crippen molar-refractivity contribution in [3.63, 3.8) is 0 Å². The summed E-state index contributed by atoms with van der Waals surface area (Å²) < 4.78 is 5.13. The van der Waals surface area contributed by atoms with E-state index in [-0.39, 0.29) is 30.5 Å². The molecule has 0 saturated heterocycles. The van der Waals surface area contributed by atoms with Gasteiger partial charge in [-0.15, -0.1) is 0 Å². The maximum atomic E-state index is 12.3. The van der Waals surface area contributed by atoms with Crippen LogP contribution in [0.25, 0.3) is 0 Å². The van der Waals surface area contributed by atoms with E-state index >= 15 is 0 Å². The van der Waals surface area contributed by atoms with E-state index in [9.17, 15) is 19.2 Å². The average molecular weight is 519 g/mol. The summed E-state index contributed by atoms with van der Waals surface area (Å²) in [5.41, 5.74) is 7.21. The van der Waals surface area contributed by atoms with Crippen LogP contribution < -0.4 is 21.5 Å². The molecule has 0 aromatic heterocycles. The van der Waals surface area contributed by atoms with Crippen LogP contribution in [-0.2, 0) is 20.7 Å². The molecule has 0 fully saturated rings. The van der Waals surface area contributed by atoms with E-state index in [4.69, 9.17) is 17.0 Å². The fraction of sp³-hybridized carbons (Fsp3) is 0.148. The van der Waals surface area contributed by atoms with Crippen LogP contribution in [0.15, 0.2) is 84.9 Å². The number of hydrogen-bond donors (Lipinski definition) is 4. The van der Waals surface area contributed by atoms with Gasteiger partial charge < -0.3 is 15.4 Å². The van der Waals surface area contributed by atoms with Crippen LogP contribution >= 0.6 is 12.2 Å². The van der Waals surface area contributed by atoms with E-state index in [0.29, 0.717) is 23.2 Å². The molecule has 3 aromatic rings. The third-order valence-electron chi connectivity index (χ3n) is 5.04. The molecule has 3 aromatic carbocycles. The van der Waals surface area contributed by atoms with Crippen LogP contribution in [0.5, 0.6) is 0 Å². The summed E-state index contributed by atoms with van der Waals surface area (Å²) in [7, 11) is 0. The molecule has 0 aliphatic heterocycles. The zero-order chi connectivity index (χ0) is 26.5. The number of ether oxygens (including phenoxy) is 1. The molecule has 0 spiro atoms. The number of esters is 1. The molecule has 0 unspecified atom stereocenters. The third-order valence-corrected chi connectivity index (χ3v) is 5.24. The summed E-state index contributed by atoms with van der Waals surface area (Å²) in [5, 5.41) is 5.01. The number of benzene rings is 3. The highest BCUT2D eigenvalue weighted by Gasteiger charge is 2.11. The normalized spacial score (nSPS) is 10.1. The van der Waals surface area contributed by atoms with Crippen LogP contribution in [0.4, 0.5) is 5.69 Å². The van der Waals surface area contributed by atoms with Gasteiger partial charge in [0, 0.05) is 29.7 Å². The van der Waals surface area contributed by atoms with Crippen molar-refractivity contribution in [2.75, 3.05) is 11.9 Å². The highest BCUT2D eigenvalue weighted by atomic mass is 32.1. The van der Waals surface area contributed by atoms with E-state index < -0.39 is 17.8 Å². The molecular weight excluding hydrogens is 492 g/mol. The first-order chi connectivity index (χ1) is 17.9. The molecule has 0 aliphatic carbocycles. The number of carbonyl (C=O) groups excluding carboxylic acids is 4. The zero-order valence-corrected chi connectivity index (χ0v) is 20.7. The van der Waals surface area contributed by atoms with Crippen molar-refractivity contribution < 1.29 is 23.9 Å². The average Bonchev–Trinajstić information content (AvgIpc) is 2.92. The molecular formula is C27H26N4O5S. The Kier molecular flexibility index (Phi) is 10.3. The molecule has 9 nitrogen and oxygen atoms in total. The van der Waals surface area contributed by atoms with Crippen LogP contribution in [0.2, 0.25) is 0 Å². The maximum Gasteiger partial charge on any atom is 0.306 e. The largest absolute Gasteiger partial charge is 0.465 e. The molecule has 3 rings (SSSR count). The maximum absolute atomic E-state index is 12.3. The fourth-order valence-corrected chi connectivity index (χ4v) is 3.28. The van der Waals surface area contributed by atoms with E-state index in [0.717, 1.165) is 5.56 Å². The quantitative estimate of drug-likeness (QED) is 0.195. The predicted molar refractivity (Wildman–Crippen MR) is 143 cm³/mol. The van der Waals surface area contributed by atoms with Gasteiger partial charge in [-0.05, 0) is 54.2 Å². The van der Waals surface area contributed by atoms with Gasteiger partial charge in [0.05, 0.1) is 13.0 Å². The number of thiocarbonyl (C=S) groups is 1. The van der Waals surface area contributed by atoms with Gasteiger partial charge in [0.1, 0.15) is 0 Å². The second-order valence-electron chi connectivity index (χ2n) is 7.81. The molecule has 0 saturated carbocycles. The highest BCUT2D eigenvalue weighted by molar-refractivity contribution is 7.80. The number of amides is 3. The first-order valence-corrected chi connectivity index (χ1v) is 11.9. The zero-order valence-electron chi connectivity index (χ0n) is 19.9. The molecule has 4 N–H and O–H groups in total. The molecule has 0 aliphatic rings. The Morgan fingerprint density at radius 3 is 2.00 bits per heavy atom. The number of hydrogen-bond acceptors (Lipinski definition) is 6. The molecule has 3 amide bonds. The predicted octanol–water partition coefficient (Wildman–Crippen LogP) is 3.14. The SMILES string of the molecule is O=C(CCC(=O)OCCc1ccccc1)NC(=S)NNC(=O)c1ccc(NC(=O)c2ccccc2)cc1. The highest BCUT2D eigenvalue weighted by Crippen LogP contribution is 2.11. The Hall–Kier alpha value is -4.57. The molecule has 10 heteroatoms. The van der Waals surface area contributed by atoms with E-state index in [1.54, 1.807) is 36.4 Å². The Labute approximate surface area is 219 Å². The summed E-state index contributed by atoms with van der Waals surface area (Å²) in [5.74, 6) is -1.74. The number of nitrogens with one attached hydrogen (secondary N) is 4. The number of hydrazine groups is 1. The van der Waals surface area contributed by atoms with Crippen LogP contribution in [0, 0.1) is 0 Å². The van der Waals surface area contributed by atoms with E-state index in [1.807, 2.05) is 36.4 Å². The summed E-state index contributed by atoms with van der Waals surface area (Å²) in [6.07, 6.45) is 0.385. The standard InChI is InChI=1S/C27H26N4O5S/c32-23(15-16-24(33)36-18-17-19-7-3-1-4-8-19)29-27(37)31-30-26(35)21-11-13-22(14-12-21)28-25(34)20-9-5-2-6-10-20/h1-14H,15-18H2,(H,28,34)(H,30,35)(H2,29,31,32,37). The van der Waals surface area contributed by atoms with E-state index in [2.05, 4.69) is 21.5 Å². The van der Waals surface area contributed by atoms with Crippen molar-refractivity contribution in [1.82, 2.24) is 16.2 Å². The minimum absolute atomic E-state index is 0.0945. The first kappa shape index (κ1) is 27.0. The second-order valence-corrected chi connectivity index (χ2v) is 8.22. The van der Waals surface area contributed by atoms with Gasteiger partial charge in [-0.2, -0.15) is 0 Å². The van der Waals surface area contributed by atoms with Gasteiger partial charge in [-0.25, -0.2) is 0 Å². The lowest BCUT2D eigenvalue weighted by atomic mass is 10.2. The number of anilines is 1. The van der Waals surface area contributed by atoms with Crippen molar-refractivity contribution >= 4 is 46.7 Å². The lowest BCUT2D eigenvalue weighted by Gasteiger charge is -2.11. The number of carbonyl (C=O) groups is 4. The first-order valence-electron chi connectivity index (χ1n) is 11.5. The van der Waals surface area contributed by atoms with Gasteiger partial charge in [0.2, 0.25) is 5.91 Å². The van der Waals surface area contributed by atoms with Crippen LogP contribution in [-0.4, -0.2) is 35.4 Å². The lowest BCUT2D eigenvalue weighted by molar-refractivity contribution is -0.144. The summed E-state index contributed by atoms with van der Waals surface area (Å²) in [6.45, 7) is 0.233. The van der Waals surface area contributed by atoms with Gasteiger partial charge in [0.15, 0.2) is 5.11 Å². The van der Waals surface area contributed by atoms with Crippen molar-refractivity contribution in [1.29, 1.82) is 0 Å². The van der Waals surface area contributed by atoms with Gasteiger partial charge >= 0.3 is 5.97 Å². The molecule has 0 bridgehead atoms. The topological polar surface area (TPSA) is 126 Å². The summed E-state index contributed by atoms with van der Waals surface area (Å²) in [4.78, 5) is 48.3. The van der Waals surface area contributed by atoms with Crippen molar-refractivity contribution in [2.45, 2.75) is 19.3 Å². The van der Waals surface area contributed by atoms with E-state index in [1.165, 1.54) is 12.1 Å². The van der Waals surface area contributed by atoms with Crippen molar-refractivity contribution in [2.24, 2.45) is 0 Å². The Bertz CT molecular complexity index is 1230. The fourth-order valence-electron chi connectivity index (χ4n) is 3.12. The molecule has 37 heavy (non-hydrogen) atoms. The van der Waals surface area contributed by atoms with Gasteiger partial charge in [0.25, 0.3) is 11.8 Å². The molecule has 190 valence electrons. The number of rotatable bonds is 9. The summed E-state index contributed by atoms with van der Waals surface area (Å²) in [6, 6.07) is 24.6. The Morgan fingerprint density at radius 1 is 0.703 bits per heavy atom. The summed E-state index contributed by atoms with van der Waals surface area (Å²) >= 11 is 5.00. The second kappa shape index (κ2) is 14.1. The third kappa shape index (κ3) is 9.54. The van der Waals surface area contributed by atoms with Gasteiger partial charge in [-0.3, -0.25) is 30.0 Å². The molecule has 0 atom stereocenters. The van der Waals surface area contributed by atoms with Crippen molar-refractivity contribution in [3.8, 4) is 0 Å². The lowest BCUT2D eigenvalue weighted by Crippen LogP contribution is -2.48. The Balaban J connectivity index is 1.32. The monoisotopic (exact) mass is 518 g/mol. The van der Waals surface area contributed by atoms with Crippen molar-refractivity contribution in [3.05, 3.63) is 102 Å². The minimum atomic E-state index is -0.500. The molecule has 0 radical (unpaired) electrons. The van der Waals surface area contributed by atoms with Gasteiger partial charge in [-0.1, -0.05) is 48.5 Å². The smallest absolute Gasteiger partial charge is 0.306 e. The van der Waals surface area contributed by atoms with Crippen LogP contribution in [0.3, 0.4) is 0 Å². The van der Waals surface area contributed by atoms with Crippen LogP contribution in [0.1, 0.15) is 39.1 Å². The molecule has 0 heterocycles. The minimum Gasteiger partial charge on any atom is -0.465 e. The Morgan fingerprint density at radius 2 is 1.32 bits per heavy atom.